The van der Waals surface area contributed by atoms with E-state index >= 15 is 0 Å². The average Bonchev–Trinajstić information content (AvgIpc) is 3.03. The number of nitrogens with zero attached hydrogens (tertiary/aromatic N) is 3. The molecule has 7 nitrogen and oxygen atoms in total. The fourth-order valence-electron chi connectivity index (χ4n) is 3.28. The van der Waals surface area contributed by atoms with Crippen LogP contribution in [-0.2, 0) is 7.05 Å². The first kappa shape index (κ1) is 15.8. The number of nitrogens with one attached hydrogen (secondary N) is 1. The number of carbonyl (C=O) groups excluding carboxylic acids is 1. The summed E-state index contributed by atoms with van der Waals surface area (Å²) < 4.78 is 1.36. The lowest BCUT2D eigenvalue weighted by atomic mass is 9.88. The molecule has 2 fully saturated rings. The molecular formula is C13H19ClN4O3. The van der Waals surface area contributed by atoms with Gasteiger partial charge in [-0.05, 0) is 42.3 Å². The molecule has 2 atom stereocenters. The molecule has 2 aliphatic rings. The second kappa shape index (κ2) is 6.03. The Morgan fingerprint density at radius 2 is 2.10 bits per heavy atom. The molecule has 1 amide bonds. The summed E-state index contributed by atoms with van der Waals surface area (Å²) >= 11 is 0. The van der Waals surface area contributed by atoms with E-state index in [0.29, 0.717) is 17.5 Å². The quantitative estimate of drug-likeness (QED) is 0.653. The fourth-order valence-corrected chi connectivity index (χ4v) is 3.28. The number of rotatable bonds is 2. The van der Waals surface area contributed by atoms with E-state index in [9.17, 15) is 14.9 Å². The third kappa shape index (κ3) is 2.75. The Bertz CT molecular complexity index is 560. The Hall–Kier alpha value is -1.60. The van der Waals surface area contributed by atoms with Gasteiger partial charge < -0.3 is 20.3 Å². The molecule has 2 saturated heterocycles. The topological polar surface area (TPSA) is 80.4 Å². The zero-order valence-corrected chi connectivity index (χ0v) is 12.6. The van der Waals surface area contributed by atoms with Gasteiger partial charge in [0.15, 0.2) is 5.69 Å². The summed E-state index contributed by atoms with van der Waals surface area (Å²) in [5.74, 6) is 1.03. The molecule has 0 bridgehead atoms. The van der Waals surface area contributed by atoms with Crippen molar-refractivity contribution < 1.29 is 9.72 Å². The largest absolute Gasteiger partial charge is 0.358 e. The summed E-state index contributed by atoms with van der Waals surface area (Å²) in [4.78, 5) is 24.7. The van der Waals surface area contributed by atoms with Gasteiger partial charge in [-0.1, -0.05) is 0 Å². The summed E-state index contributed by atoms with van der Waals surface area (Å²) in [5, 5.41) is 14.2. The molecule has 0 saturated carbocycles. The van der Waals surface area contributed by atoms with Crippen LogP contribution in [0.2, 0.25) is 0 Å². The highest BCUT2D eigenvalue weighted by Gasteiger charge is 2.36. The van der Waals surface area contributed by atoms with Gasteiger partial charge in [0.25, 0.3) is 5.91 Å². The molecule has 2 aliphatic heterocycles. The number of hydrogen-bond acceptors (Lipinski definition) is 4. The molecule has 1 aromatic rings. The standard InChI is InChI=1S/C13H18N4O3.ClH/c1-15-11(2-3-12(15)17(19)20)13(18)16-5-4-9-6-14-7-10(9)8-16;/h2-3,9-10,14H,4-8H2,1H3;1H. The number of nitro groups is 1. The molecule has 1 aromatic heterocycles. The maximum absolute atomic E-state index is 12.5. The normalized spacial score (nSPS) is 24.3. The van der Waals surface area contributed by atoms with E-state index in [1.165, 1.54) is 10.6 Å². The Morgan fingerprint density at radius 1 is 1.38 bits per heavy atom. The first-order valence-corrected chi connectivity index (χ1v) is 6.88. The Balaban J connectivity index is 0.00000161. The van der Waals surface area contributed by atoms with Crippen molar-refractivity contribution in [3.05, 3.63) is 27.9 Å². The van der Waals surface area contributed by atoms with Crippen molar-refractivity contribution in [2.24, 2.45) is 18.9 Å². The van der Waals surface area contributed by atoms with Crippen molar-refractivity contribution in [3.8, 4) is 0 Å². The summed E-state index contributed by atoms with van der Waals surface area (Å²) in [6.45, 7) is 3.49. The lowest BCUT2D eigenvalue weighted by Crippen LogP contribution is -2.43. The minimum absolute atomic E-state index is 0. The van der Waals surface area contributed by atoms with E-state index < -0.39 is 4.92 Å². The number of piperidine rings is 1. The minimum atomic E-state index is -0.468. The Labute approximate surface area is 128 Å². The van der Waals surface area contributed by atoms with Gasteiger partial charge in [-0.3, -0.25) is 4.79 Å². The van der Waals surface area contributed by atoms with Gasteiger partial charge in [0.05, 0.1) is 7.05 Å². The molecule has 2 unspecified atom stereocenters. The monoisotopic (exact) mass is 314 g/mol. The number of likely N-dealkylation sites (tertiary alicyclic amines) is 1. The summed E-state index contributed by atoms with van der Waals surface area (Å²) in [7, 11) is 1.56. The van der Waals surface area contributed by atoms with Crippen LogP contribution in [-0.4, -0.2) is 46.5 Å². The van der Waals surface area contributed by atoms with E-state index in [-0.39, 0.29) is 24.1 Å². The molecule has 0 aliphatic carbocycles. The van der Waals surface area contributed by atoms with Gasteiger partial charge >= 0.3 is 5.82 Å². The van der Waals surface area contributed by atoms with Crippen molar-refractivity contribution in [1.29, 1.82) is 0 Å². The van der Waals surface area contributed by atoms with Crippen LogP contribution in [0.5, 0.6) is 0 Å². The van der Waals surface area contributed by atoms with Gasteiger partial charge in [0.1, 0.15) is 0 Å². The van der Waals surface area contributed by atoms with Crippen LogP contribution in [0.3, 0.4) is 0 Å². The molecular weight excluding hydrogens is 296 g/mol. The van der Waals surface area contributed by atoms with Crippen molar-refractivity contribution >= 4 is 24.1 Å². The van der Waals surface area contributed by atoms with Crippen LogP contribution in [0, 0.1) is 22.0 Å². The second-order valence-electron chi connectivity index (χ2n) is 5.61. The Morgan fingerprint density at radius 3 is 2.76 bits per heavy atom. The van der Waals surface area contributed by atoms with Crippen molar-refractivity contribution in [3.63, 3.8) is 0 Å². The molecule has 0 radical (unpaired) electrons. The zero-order valence-electron chi connectivity index (χ0n) is 11.8. The first-order valence-electron chi connectivity index (χ1n) is 6.88. The summed E-state index contributed by atoms with van der Waals surface area (Å²) in [6.07, 6.45) is 1.01. The predicted octanol–water partition coefficient (Wildman–Crippen LogP) is 1.04. The zero-order chi connectivity index (χ0) is 14.3. The van der Waals surface area contributed by atoms with Crippen LogP contribution in [0.25, 0.3) is 0 Å². The van der Waals surface area contributed by atoms with Crippen LogP contribution < -0.4 is 5.32 Å². The van der Waals surface area contributed by atoms with Gasteiger partial charge in [0.2, 0.25) is 0 Å². The van der Waals surface area contributed by atoms with Gasteiger partial charge in [-0.25, -0.2) is 4.57 Å². The third-order valence-electron chi connectivity index (χ3n) is 4.49. The van der Waals surface area contributed by atoms with E-state index in [0.717, 1.165) is 32.6 Å². The average molecular weight is 315 g/mol. The van der Waals surface area contributed by atoms with Crippen LogP contribution in [0.15, 0.2) is 12.1 Å². The van der Waals surface area contributed by atoms with Gasteiger partial charge in [-0.2, -0.15) is 0 Å². The highest BCUT2D eigenvalue weighted by Crippen LogP contribution is 2.28. The van der Waals surface area contributed by atoms with Crippen LogP contribution in [0.1, 0.15) is 16.9 Å². The number of amides is 1. The van der Waals surface area contributed by atoms with Crippen LogP contribution >= 0.6 is 12.4 Å². The molecule has 0 spiro atoms. The molecule has 3 heterocycles. The smallest absolute Gasteiger partial charge is 0.323 e. The lowest BCUT2D eigenvalue weighted by molar-refractivity contribution is -0.391. The molecule has 0 aromatic carbocycles. The lowest BCUT2D eigenvalue weighted by Gasteiger charge is -2.34. The highest BCUT2D eigenvalue weighted by molar-refractivity contribution is 5.93. The van der Waals surface area contributed by atoms with E-state index in [4.69, 9.17) is 0 Å². The molecule has 21 heavy (non-hydrogen) atoms. The number of carbonyl (C=O) groups is 1. The first-order chi connectivity index (χ1) is 9.58. The molecule has 3 rings (SSSR count). The summed E-state index contributed by atoms with van der Waals surface area (Å²) in [5.41, 5.74) is 0.390. The summed E-state index contributed by atoms with van der Waals surface area (Å²) in [6, 6.07) is 2.93. The maximum atomic E-state index is 12.5. The van der Waals surface area contributed by atoms with E-state index in [1.807, 2.05) is 4.90 Å². The van der Waals surface area contributed by atoms with E-state index in [2.05, 4.69) is 5.32 Å². The van der Waals surface area contributed by atoms with Crippen molar-refractivity contribution in [1.82, 2.24) is 14.8 Å². The molecule has 8 heteroatoms. The third-order valence-corrected chi connectivity index (χ3v) is 4.49. The van der Waals surface area contributed by atoms with Gasteiger partial charge in [-0.15, -0.1) is 12.4 Å². The fraction of sp³-hybridized carbons (Fsp3) is 0.615. The number of aromatic nitrogens is 1. The van der Waals surface area contributed by atoms with E-state index in [1.54, 1.807) is 13.1 Å². The number of hydrogen-bond donors (Lipinski definition) is 1. The predicted molar refractivity (Wildman–Crippen MR) is 79.7 cm³/mol. The van der Waals surface area contributed by atoms with Gasteiger partial charge in [0, 0.05) is 19.2 Å². The number of fused-ring (bicyclic) bond motifs is 1. The molecule has 1 N–H and O–H groups in total. The highest BCUT2D eigenvalue weighted by atomic mass is 35.5. The SMILES string of the molecule is Cl.Cn1c(C(=O)N2CCC3CNCC3C2)ccc1[N+](=O)[O-]. The molecule has 116 valence electrons. The van der Waals surface area contributed by atoms with Crippen molar-refractivity contribution in [2.45, 2.75) is 6.42 Å². The Kier molecular flexibility index (Phi) is 4.53. The second-order valence-corrected chi connectivity index (χ2v) is 5.61. The minimum Gasteiger partial charge on any atom is -0.358 e. The maximum Gasteiger partial charge on any atom is 0.323 e. The van der Waals surface area contributed by atoms with Crippen LogP contribution in [0.4, 0.5) is 5.82 Å². The van der Waals surface area contributed by atoms with Crippen molar-refractivity contribution in [2.75, 3.05) is 26.2 Å². The number of halogens is 1.